The van der Waals surface area contributed by atoms with Crippen LogP contribution in [-0.2, 0) is 18.8 Å². The Labute approximate surface area is 209 Å². The number of likely N-dealkylation sites (tertiary alicyclic amines) is 1. The Balaban J connectivity index is 1.58. The van der Waals surface area contributed by atoms with Gasteiger partial charge in [0, 0.05) is 44.0 Å². The van der Waals surface area contributed by atoms with Crippen LogP contribution in [0.1, 0.15) is 68.2 Å². The van der Waals surface area contributed by atoms with E-state index in [1.165, 1.54) is 0 Å². The molecular weight excluding hydrogens is 449 g/mol. The summed E-state index contributed by atoms with van der Waals surface area (Å²) in [5, 5.41) is 2.65. The van der Waals surface area contributed by atoms with Crippen LogP contribution in [0.2, 0.25) is 0 Å². The summed E-state index contributed by atoms with van der Waals surface area (Å²) in [5.74, 6) is 0.438. The average Bonchev–Trinajstić information content (AvgIpc) is 3.27. The first-order chi connectivity index (χ1) is 16.1. The number of anilines is 1. The minimum atomic E-state index is -0.675. The third-order valence-corrected chi connectivity index (χ3v) is 6.77. The average molecular weight is 489 g/mol. The first-order valence-corrected chi connectivity index (χ1v) is 12.3. The number of likely N-dealkylation sites (N-methyl/N-ethyl adjacent to an activating group) is 1. The summed E-state index contributed by atoms with van der Waals surface area (Å²) >= 11 is 0. The van der Waals surface area contributed by atoms with Crippen LogP contribution in [0, 0.1) is 0 Å². The molecule has 3 heterocycles. The van der Waals surface area contributed by atoms with Crippen LogP contribution in [0.15, 0.2) is 12.4 Å². The fourth-order valence-corrected chi connectivity index (χ4v) is 4.14. The van der Waals surface area contributed by atoms with Crippen LogP contribution >= 0.6 is 0 Å². The lowest BCUT2D eigenvalue weighted by Crippen LogP contribution is -2.51. The molecule has 2 aliphatic heterocycles. The monoisotopic (exact) mass is 489 g/mol. The van der Waals surface area contributed by atoms with Gasteiger partial charge in [-0.1, -0.05) is 0 Å². The van der Waals surface area contributed by atoms with E-state index in [0.29, 0.717) is 19.0 Å². The second-order valence-electron chi connectivity index (χ2n) is 11.5. The molecule has 2 amide bonds. The predicted molar refractivity (Wildman–Crippen MR) is 135 cm³/mol. The SMILES string of the molecule is C[C@@H](NC(=O)OC(C)(C)C)C(=O)N1CCC[C@H]1CN(C)c1ncc(B2OC(C)(C)C(C)(C)O2)cn1. The van der Waals surface area contributed by atoms with Crippen LogP contribution in [0.25, 0.3) is 0 Å². The number of amides is 2. The molecule has 0 bridgehead atoms. The topological polar surface area (TPSA) is 106 Å². The molecule has 1 aromatic heterocycles. The molecule has 1 N–H and O–H groups in total. The van der Waals surface area contributed by atoms with Crippen LogP contribution in [0.5, 0.6) is 0 Å². The van der Waals surface area contributed by atoms with Gasteiger partial charge in [-0.15, -0.1) is 0 Å². The Bertz CT molecular complexity index is 902. The summed E-state index contributed by atoms with van der Waals surface area (Å²) in [6.45, 7) is 16.3. The molecule has 3 rings (SSSR count). The maximum Gasteiger partial charge on any atom is 0.498 e. The molecule has 194 valence electrons. The molecule has 0 aliphatic carbocycles. The second-order valence-corrected chi connectivity index (χ2v) is 11.5. The van der Waals surface area contributed by atoms with Gasteiger partial charge in [-0.2, -0.15) is 0 Å². The summed E-state index contributed by atoms with van der Waals surface area (Å²) in [4.78, 5) is 37.9. The van der Waals surface area contributed by atoms with Gasteiger partial charge in [-0.25, -0.2) is 14.8 Å². The lowest BCUT2D eigenvalue weighted by atomic mass is 9.81. The van der Waals surface area contributed by atoms with Gasteiger partial charge in [0.05, 0.1) is 11.2 Å². The molecule has 2 aliphatic rings. The van der Waals surface area contributed by atoms with E-state index in [-0.39, 0.29) is 11.9 Å². The van der Waals surface area contributed by atoms with Crippen molar-refractivity contribution >= 4 is 30.5 Å². The quantitative estimate of drug-likeness (QED) is 0.606. The third-order valence-electron chi connectivity index (χ3n) is 6.77. The van der Waals surface area contributed by atoms with Gasteiger partial charge in [0.1, 0.15) is 11.6 Å². The summed E-state index contributed by atoms with van der Waals surface area (Å²) in [7, 11) is 1.40. The molecule has 0 saturated carbocycles. The van der Waals surface area contributed by atoms with Gasteiger partial charge < -0.3 is 29.2 Å². The zero-order valence-corrected chi connectivity index (χ0v) is 22.5. The van der Waals surface area contributed by atoms with E-state index in [4.69, 9.17) is 14.0 Å². The van der Waals surface area contributed by atoms with E-state index in [0.717, 1.165) is 18.3 Å². The number of rotatable bonds is 6. The Morgan fingerprint density at radius 3 is 2.34 bits per heavy atom. The Kier molecular flexibility index (Phi) is 7.71. The molecule has 10 nitrogen and oxygen atoms in total. The maximum absolute atomic E-state index is 13.0. The summed E-state index contributed by atoms with van der Waals surface area (Å²) < 4.78 is 17.4. The number of carbonyl (C=O) groups excluding carboxylic acids is 2. The number of nitrogens with zero attached hydrogens (tertiary/aromatic N) is 4. The Hall–Kier alpha value is -2.40. The van der Waals surface area contributed by atoms with Crippen molar-refractivity contribution in [1.82, 2.24) is 20.2 Å². The second kappa shape index (κ2) is 9.93. The summed E-state index contributed by atoms with van der Waals surface area (Å²) in [6.07, 6.45) is 4.64. The first kappa shape index (κ1) is 27.2. The van der Waals surface area contributed by atoms with Crippen LogP contribution in [-0.4, -0.2) is 83.0 Å². The molecule has 2 atom stereocenters. The largest absolute Gasteiger partial charge is 0.498 e. The van der Waals surface area contributed by atoms with Gasteiger partial charge in [-0.05, 0) is 68.2 Å². The summed E-state index contributed by atoms with van der Waals surface area (Å²) in [6, 6.07) is -0.673. The Morgan fingerprint density at radius 1 is 1.23 bits per heavy atom. The minimum absolute atomic E-state index is 0.00163. The highest BCUT2D eigenvalue weighted by Gasteiger charge is 2.52. The fourth-order valence-electron chi connectivity index (χ4n) is 4.14. The normalized spacial score (nSPS) is 22.1. The number of aromatic nitrogens is 2. The lowest BCUT2D eigenvalue weighted by molar-refractivity contribution is -0.133. The van der Waals surface area contributed by atoms with Crippen molar-refractivity contribution in [3.63, 3.8) is 0 Å². The minimum Gasteiger partial charge on any atom is -0.444 e. The zero-order chi connectivity index (χ0) is 26.2. The maximum atomic E-state index is 13.0. The molecule has 0 radical (unpaired) electrons. The van der Waals surface area contributed by atoms with Crippen molar-refractivity contribution in [1.29, 1.82) is 0 Å². The van der Waals surface area contributed by atoms with Gasteiger partial charge in [-0.3, -0.25) is 4.79 Å². The standard InChI is InChI=1S/C24H40BN5O5/c1-16(28-21(32)33-22(2,3)4)19(31)30-12-10-11-18(30)15-29(9)20-26-13-17(14-27-20)25-34-23(5,6)24(7,8)35-25/h13-14,16,18H,10-12,15H2,1-9H3,(H,28,32)/t16-,18+/m1/s1. The van der Waals surface area contributed by atoms with Crippen LogP contribution in [0.4, 0.5) is 10.7 Å². The molecule has 0 aromatic carbocycles. The van der Waals surface area contributed by atoms with Crippen LogP contribution in [0.3, 0.4) is 0 Å². The van der Waals surface area contributed by atoms with E-state index >= 15 is 0 Å². The molecular formula is C24H40BN5O5. The van der Waals surface area contributed by atoms with Gasteiger partial charge in [0.2, 0.25) is 11.9 Å². The highest BCUT2D eigenvalue weighted by molar-refractivity contribution is 6.61. The molecule has 0 unspecified atom stereocenters. The van der Waals surface area contributed by atoms with E-state index in [1.54, 1.807) is 40.1 Å². The first-order valence-electron chi connectivity index (χ1n) is 12.3. The number of ether oxygens (including phenoxy) is 1. The molecule has 0 spiro atoms. The van der Waals surface area contributed by atoms with Crippen molar-refractivity contribution in [2.75, 3.05) is 25.0 Å². The van der Waals surface area contributed by atoms with Crippen LogP contribution < -0.4 is 15.7 Å². The van der Waals surface area contributed by atoms with Crippen molar-refractivity contribution in [3.05, 3.63) is 12.4 Å². The number of alkyl carbamates (subject to hydrolysis) is 1. The fraction of sp³-hybridized carbons (Fsp3) is 0.750. The molecule has 1 aromatic rings. The molecule has 35 heavy (non-hydrogen) atoms. The van der Waals surface area contributed by atoms with E-state index in [9.17, 15) is 9.59 Å². The number of hydrogen-bond acceptors (Lipinski definition) is 8. The van der Waals surface area contributed by atoms with Gasteiger partial charge >= 0.3 is 13.2 Å². The smallest absolute Gasteiger partial charge is 0.444 e. The third kappa shape index (κ3) is 6.44. The van der Waals surface area contributed by atoms with Gasteiger partial charge in [0.15, 0.2) is 0 Å². The highest BCUT2D eigenvalue weighted by atomic mass is 16.7. The lowest BCUT2D eigenvalue weighted by Gasteiger charge is -2.32. The van der Waals surface area contributed by atoms with Gasteiger partial charge in [0.25, 0.3) is 0 Å². The highest BCUT2D eigenvalue weighted by Crippen LogP contribution is 2.36. The van der Waals surface area contributed by atoms with Crippen molar-refractivity contribution in [3.8, 4) is 0 Å². The van der Waals surface area contributed by atoms with Crippen molar-refractivity contribution < 1.29 is 23.6 Å². The molecule has 11 heteroatoms. The van der Waals surface area contributed by atoms with E-state index in [2.05, 4.69) is 15.3 Å². The predicted octanol–water partition coefficient (Wildman–Crippen LogP) is 2.12. The number of nitrogens with one attached hydrogen (secondary N) is 1. The number of carbonyl (C=O) groups is 2. The molecule has 2 saturated heterocycles. The molecule has 2 fully saturated rings. The summed E-state index contributed by atoms with van der Waals surface area (Å²) in [5.41, 5.74) is -0.716. The van der Waals surface area contributed by atoms with Crippen molar-refractivity contribution in [2.45, 2.75) is 97.1 Å². The van der Waals surface area contributed by atoms with E-state index in [1.807, 2.05) is 44.5 Å². The number of hydrogen-bond donors (Lipinski definition) is 1. The zero-order valence-electron chi connectivity index (χ0n) is 22.5. The van der Waals surface area contributed by atoms with E-state index < -0.39 is 36.1 Å². The van der Waals surface area contributed by atoms with Crippen molar-refractivity contribution in [2.24, 2.45) is 0 Å². The Morgan fingerprint density at radius 2 is 1.80 bits per heavy atom.